The molecule has 0 atom stereocenters. The summed E-state index contributed by atoms with van der Waals surface area (Å²) in [6.45, 7) is 5.50. The van der Waals surface area contributed by atoms with Crippen LogP contribution in [0.25, 0.3) is 11.4 Å². The van der Waals surface area contributed by atoms with E-state index in [1.165, 1.54) is 0 Å². The fraction of sp³-hybridized carbons (Fsp3) is 0.556. The van der Waals surface area contributed by atoms with Crippen molar-refractivity contribution in [2.75, 3.05) is 6.54 Å². The molecule has 25 heavy (non-hydrogen) atoms. The first-order valence-electron chi connectivity index (χ1n) is 8.59. The maximum atomic E-state index is 6.22. The maximum absolute atomic E-state index is 6.22. The van der Waals surface area contributed by atoms with E-state index in [1.54, 1.807) is 0 Å². The monoisotopic (exact) mass is 361 g/mol. The summed E-state index contributed by atoms with van der Waals surface area (Å²) >= 11 is 5.96. The van der Waals surface area contributed by atoms with Gasteiger partial charge >= 0.3 is 0 Å². The molecule has 2 saturated heterocycles. The number of fused-ring (bicyclic) bond motifs is 1. The Hall–Kier alpha value is -1.47. The van der Waals surface area contributed by atoms with E-state index in [0.29, 0.717) is 18.1 Å². The number of rotatable bonds is 5. The predicted molar refractivity (Wildman–Crippen MR) is 97.2 cm³/mol. The normalized spacial score (nSPS) is 29.6. The number of ether oxygens (including phenoxy) is 1. The summed E-state index contributed by atoms with van der Waals surface area (Å²) in [5.41, 5.74) is 6.48. The summed E-state index contributed by atoms with van der Waals surface area (Å²) < 4.78 is 8.24. The van der Waals surface area contributed by atoms with Crippen LogP contribution in [0.3, 0.4) is 0 Å². The fourth-order valence-corrected chi connectivity index (χ4v) is 4.45. The average molecular weight is 362 g/mol. The Labute approximate surface area is 152 Å². The van der Waals surface area contributed by atoms with E-state index in [0.717, 1.165) is 30.1 Å². The molecule has 1 aromatic heterocycles. The Morgan fingerprint density at radius 3 is 2.52 bits per heavy atom. The molecule has 1 aliphatic carbocycles. The molecule has 1 saturated carbocycles. The standard InChI is InChI=1S/C18H24ClN5O/c1-16(2)18(9-17(10-18,11-20)25-16)21-8-14-22-23-15(24(14)3)12-4-6-13(19)7-5-12/h4-7,21H,8-11,20H2,1-3H3. The van der Waals surface area contributed by atoms with Gasteiger partial charge in [0.05, 0.1) is 23.3 Å². The zero-order chi connectivity index (χ0) is 17.9. The van der Waals surface area contributed by atoms with E-state index < -0.39 is 0 Å². The van der Waals surface area contributed by atoms with Gasteiger partial charge < -0.3 is 20.4 Å². The van der Waals surface area contributed by atoms with E-state index in [4.69, 9.17) is 22.1 Å². The van der Waals surface area contributed by atoms with Crippen molar-refractivity contribution in [3.8, 4) is 11.4 Å². The van der Waals surface area contributed by atoms with Crippen LogP contribution in [0.5, 0.6) is 0 Å². The minimum Gasteiger partial charge on any atom is -0.366 e. The Morgan fingerprint density at radius 1 is 1.24 bits per heavy atom. The Bertz CT molecular complexity index is 792. The van der Waals surface area contributed by atoms with Crippen molar-refractivity contribution in [3.05, 3.63) is 35.1 Å². The van der Waals surface area contributed by atoms with Gasteiger partial charge in [0.1, 0.15) is 5.82 Å². The first-order valence-corrected chi connectivity index (χ1v) is 8.97. The van der Waals surface area contributed by atoms with Gasteiger partial charge in [-0.15, -0.1) is 10.2 Å². The van der Waals surface area contributed by atoms with Gasteiger partial charge in [-0.2, -0.15) is 0 Å². The van der Waals surface area contributed by atoms with Crippen molar-refractivity contribution >= 4 is 11.6 Å². The minimum absolute atomic E-state index is 0.0429. The third-order valence-electron chi connectivity index (χ3n) is 5.90. The van der Waals surface area contributed by atoms with Crippen molar-refractivity contribution < 1.29 is 4.74 Å². The number of nitrogens with two attached hydrogens (primary N) is 1. The van der Waals surface area contributed by atoms with Crippen LogP contribution in [0.4, 0.5) is 0 Å². The zero-order valence-electron chi connectivity index (χ0n) is 14.8. The lowest BCUT2D eigenvalue weighted by molar-refractivity contribution is -0.0488. The third kappa shape index (κ3) is 2.51. The van der Waals surface area contributed by atoms with Gasteiger partial charge in [-0.05, 0) is 51.0 Å². The summed E-state index contributed by atoms with van der Waals surface area (Å²) in [6.07, 6.45) is 1.90. The number of benzene rings is 1. The Balaban J connectivity index is 1.51. The van der Waals surface area contributed by atoms with E-state index in [2.05, 4.69) is 29.4 Å². The molecule has 0 amide bonds. The summed E-state index contributed by atoms with van der Waals surface area (Å²) in [5, 5.41) is 13.1. The molecule has 2 aromatic rings. The van der Waals surface area contributed by atoms with Crippen molar-refractivity contribution in [1.82, 2.24) is 20.1 Å². The smallest absolute Gasteiger partial charge is 0.163 e. The first kappa shape index (κ1) is 17.0. The summed E-state index contributed by atoms with van der Waals surface area (Å²) in [4.78, 5) is 0. The molecule has 6 nitrogen and oxygen atoms in total. The molecule has 2 aliphatic heterocycles. The van der Waals surface area contributed by atoms with Gasteiger partial charge in [0.25, 0.3) is 0 Å². The van der Waals surface area contributed by atoms with Gasteiger partial charge in [-0.1, -0.05) is 11.6 Å². The highest BCUT2D eigenvalue weighted by Crippen LogP contribution is 2.60. The summed E-state index contributed by atoms with van der Waals surface area (Å²) in [6, 6.07) is 7.64. The quantitative estimate of drug-likeness (QED) is 0.854. The lowest BCUT2D eigenvalue weighted by atomic mass is 9.62. The molecule has 1 aromatic carbocycles. The molecule has 3 heterocycles. The molecule has 0 unspecified atom stereocenters. The molecule has 5 rings (SSSR count). The van der Waals surface area contributed by atoms with Gasteiger partial charge in [0.2, 0.25) is 0 Å². The van der Waals surface area contributed by atoms with Gasteiger partial charge in [-0.25, -0.2) is 0 Å². The highest BCUT2D eigenvalue weighted by atomic mass is 35.5. The highest BCUT2D eigenvalue weighted by molar-refractivity contribution is 6.30. The van der Waals surface area contributed by atoms with Crippen LogP contribution in [-0.2, 0) is 18.3 Å². The molecule has 7 heteroatoms. The number of hydrogen-bond donors (Lipinski definition) is 2. The van der Waals surface area contributed by atoms with Gasteiger partial charge in [0, 0.05) is 24.2 Å². The molecule has 2 bridgehead atoms. The molecule has 0 spiro atoms. The SMILES string of the molecule is Cn1c(CNC23CC(CN)(C2)OC3(C)C)nnc1-c1ccc(Cl)cc1. The highest BCUT2D eigenvalue weighted by Gasteiger charge is 2.70. The Kier molecular flexibility index (Phi) is 3.74. The van der Waals surface area contributed by atoms with Crippen LogP contribution >= 0.6 is 11.6 Å². The number of nitrogens with zero attached hydrogens (tertiary/aromatic N) is 3. The van der Waals surface area contributed by atoms with Crippen LogP contribution in [0.2, 0.25) is 5.02 Å². The number of halogens is 1. The molecule has 3 fully saturated rings. The van der Waals surface area contributed by atoms with Crippen molar-refractivity contribution in [1.29, 1.82) is 0 Å². The second-order valence-electron chi connectivity index (χ2n) is 7.79. The van der Waals surface area contributed by atoms with E-state index in [-0.39, 0.29) is 16.7 Å². The third-order valence-corrected chi connectivity index (χ3v) is 6.15. The minimum atomic E-state index is -0.232. The average Bonchev–Trinajstić information content (AvgIpc) is 3.09. The van der Waals surface area contributed by atoms with Crippen molar-refractivity contribution in [2.45, 2.75) is 50.0 Å². The molecule has 0 radical (unpaired) electrons. The summed E-state index contributed by atoms with van der Waals surface area (Å²) in [7, 11) is 1.99. The summed E-state index contributed by atoms with van der Waals surface area (Å²) in [5.74, 6) is 1.73. The second-order valence-corrected chi connectivity index (χ2v) is 8.23. The van der Waals surface area contributed by atoms with Crippen LogP contribution in [0, 0.1) is 0 Å². The Morgan fingerprint density at radius 2 is 1.92 bits per heavy atom. The van der Waals surface area contributed by atoms with E-state index >= 15 is 0 Å². The van der Waals surface area contributed by atoms with E-state index in [1.807, 2.05) is 35.9 Å². The van der Waals surface area contributed by atoms with E-state index in [9.17, 15) is 0 Å². The molecule has 134 valence electrons. The number of aromatic nitrogens is 3. The van der Waals surface area contributed by atoms with Gasteiger partial charge in [0.15, 0.2) is 5.82 Å². The first-order chi connectivity index (χ1) is 11.8. The topological polar surface area (TPSA) is 78.0 Å². The lowest BCUT2D eigenvalue weighted by Gasteiger charge is -2.47. The van der Waals surface area contributed by atoms with Crippen LogP contribution < -0.4 is 11.1 Å². The van der Waals surface area contributed by atoms with Crippen LogP contribution in [-0.4, -0.2) is 38.1 Å². The predicted octanol–water partition coefficient (Wildman–Crippen LogP) is 2.26. The largest absolute Gasteiger partial charge is 0.366 e. The molecule has 3 N–H and O–H groups in total. The molecule has 3 aliphatic rings. The lowest BCUT2D eigenvalue weighted by Crippen LogP contribution is -2.64. The fourth-order valence-electron chi connectivity index (χ4n) is 4.32. The van der Waals surface area contributed by atoms with Crippen molar-refractivity contribution in [2.24, 2.45) is 12.8 Å². The van der Waals surface area contributed by atoms with Crippen LogP contribution in [0.15, 0.2) is 24.3 Å². The van der Waals surface area contributed by atoms with Crippen LogP contribution in [0.1, 0.15) is 32.5 Å². The molecular formula is C18H24ClN5O. The van der Waals surface area contributed by atoms with Gasteiger partial charge in [-0.3, -0.25) is 0 Å². The molecular weight excluding hydrogens is 338 g/mol. The zero-order valence-corrected chi connectivity index (χ0v) is 15.6. The van der Waals surface area contributed by atoms with Crippen molar-refractivity contribution in [3.63, 3.8) is 0 Å². The second kappa shape index (κ2) is 5.51. The maximum Gasteiger partial charge on any atom is 0.163 e. The number of nitrogens with one attached hydrogen (secondary N) is 1. The number of hydrogen-bond acceptors (Lipinski definition) is 5.